The first kappa shape index (κ1) is 31.5. The van der Waals surface area contributed by atoms with E-state index in [9.17, 15) is 22.0 Å². The molecule has 0 N–H and O–H groups in total. The topological polar surface area (TPSA) is 17.8 Å². The Hall–Kier alpha value is -2.00. The summed E-state index contributed by atoms with van der Waals surface area (Å²) in [6, 6.07) is 8.28. The van der Waals surface area contributed by atoms with Crippen molar-refractivity contribution in [3.05, 3.63) is 104 Å². The van der Waals surface area contributed by atoms with Crippen molar-refractivity contribution in [1.29, 1.82) is 0 Å². The molecule has 0 saturated carbocycles. The molecular formula is C28H26Cl3F5N2S. The first-order valence-corrected chi connectivity index (χ1v) is 14.2. The number of alkyl halides is 3. The number of imidazole rings is 1. The molecule has 1 heterocycles. The first-order valence-electron chi connectivity index (χ1n) is 12.0. The Morgan fingerprint density at radius 2 is 1.67 bits per heavy atom. The van der Waals surface area contributed by atoms with Crippen LogP contribution in [0.15, 0.2) is 71.3 Å². The number of rotatable bonds is 6. The summed E-state index contributed by atoms with van der Waals surface area (Å²) < 4.78 is 70.1. The predicted molar refractivity (Wildman–Crippen MR) is 150 cm³/mol. The van der Waals surface area contributed by atoms with Crippen LogP contribution in [0.2, 0.25) is 15.1 Å². The van der Waals surface area contributed by atoms with E-state index in [1.807, 2.05) is 27.7 Å². The fourth-order valence-corrected chi connectivity index (χ4v) is 5.78. The van der Waals surface area contributed by atoms with Gasteiger partial charge in [-0.2, -0.15) is 13.2 Å². The molecule has 0 bridgehead atoms. The highest BCUT2D eigenvalue weighted by molar-refractivity contribution is 7.98. The summed E-state index contributed by atoms with van der Waals surface area (Å²) in [6.45, 7) is 7.78. The van der Waals surface area contributed by atoms with Gasteiger partial charge in [0.1, 0.15) is 11.6 Å². The molecule has 0 radical (unpaired) electrons. The number of aromatic nitrogens is 2. The lowest BCUT2D eigenvalue weighted by molar-refractivity contribution is -0.0919. The van der Waals surface area contributed by atoms with E-state index in [1.54, 1.807) is 35.0 Å². The maximum atomic E-state index is 14.2. The molecule has 1 atom stereocenters. The predicted octanol–water partition coefficient (Wildman–Crippen LogP) is 10.9. The summed E-state index contributed by atoms with van der Waals surface area (Å²) in [5.74, 6) is -1.50. The molecule has 11 heteroatoms. The molecule has 0 fully saturated rings. The molecule has 0 aliphatic heterocycles. The zero-order valence-corrected chi connectivity index (χ0v) is 24.6. The van der Waals surface area contributed by atoms with E-state index < -0.39 is 34.9 Å². The maximum Gasteiger partial charge on any atom is 0.418 e. The largest absolute Gasteiger partial charge is 0.418 e. The molecule has 2 aromatic carbocycles. The highest BCUT2D eigenvalue weighted by Crippen LogP contribution is 2.43. The second-order valence-electron chi connectivity index (χ2n) is 9.01. The van der Waals surface area contributed by atoms with Gasteiger partial charge in [-0.05, 0) is 54.0 Å². The van der Waals surface area contributed by atoms with Crippen molar-refractivity contribution in [1.82, 2.24) is 9.55 Å². The van der Waals surface area contributed by atoms with Gasteiger partial charge in [-0.1, -0.05) is 86.4 Å². The van der Waals surface area contributed by atoms with Crippen molar-refractivity contribution in [3.8, 4) is 0 Å². The smallest absolute Gasteiger partial charge is 0.315 e. The molecule has 0 saturated heterocycles. The van der Waals surface area contributed by atoms with Gasteiger partial charge in [0.05, 0.1) is 27.9 Å². The van der Waals surface area contributed by atoms with Crippen molar-refractivity contribution in [2.75, 3.05) is 0 Å². The molecule has 2 nitrogen and oxygen atoms in total. The minimum absolute atomic E-state index is 0.00289. The van der Waals surface area contributed by atoms with Gasteiger partial charge in [-0.15, -0.1) is 0 Å². The summed E-state index contributed by atoms with van der Waals surface area (Å²) in [5, 5.41) is 1.33. The van der Waals surface area contributed by atoms with Crippen LogP contribution in [0.3, 0.4) is 0 Å². The number of thioether (sulfide) groups is 1. The molecule has 39 heavy (non-hydrogen) atoms. The Bertz CT molecular complexity index is 1400. The third kappa shape index (κ3) is 7.02. The van der Waals surface area contributed by atoms with Crippen LogP contribution < -0.4 is 0 Å². The Balaban J connectivity index is 0.00000205. The number of benzene rings is 2. The quantitative estimate of drug-likeness (QED) is 0.201. The lowest BCUT2D eigenvalue weighted by Gasteiger charge is -2.31. The average molecular weight is 624 g/mol. The van der Waals surface area contributed by atoms with E-state index in [4.69, 9.17) is 34.8 Å². The Kier molecular flexibility index (Phi) is 10.2. The van der Waals surface area contributed by atoms with E-state index in [1.165, 1.54) is 23.9 Å². The highest BCUT2D eigenvalue weighted by atomic mass is 35.5. The maximum absolute atomic E-state index is 14.2. The van der Waals surface area contributed by atoms with Gasteiger partial charge in [0.25, 0.3) is 0 Å². The number of nitrogens with zero attached hydrogens (tertiary/aromatic N) is 2. The highest BCUT2D eigenvalue weighted by Gasteiger charge is 2.40. The van der Waals surface area contributed by atoms with Gasteiger partial charge in [-0.25, -0.2) is 13.8 Å². The van der Waals surface area contributed by atoms with Crippen LogP contribution in [0.25, 0.3) is 0 Å². The second-order valence-corrected chi connectivity index (χ2v) is 11.2. The van der Waals surface area contributed by atoms with Gasteiger partial charge < -0.3 is 4.57 Å². The molecule has 1 aromatic heterocycles. The third-order valence-electron chi connectivity index (χ3n) is 6.21. The molecule has 1 unspecified atom stereocenters. The van der Waals surface area contributed by atoms with E-state index in [-0.39, 0.29) is 17.2 Å². The normalized spacial score (nSPS) is 15.8. The van der Waals surface area contributed by atoms with Crippen LogP contribution >= 0.6 is 46.6 Å². The van der Waals surface area contributed by atoms with Gasteiger partial charge >= 0.3 is 6.18 Å². The minimum Gasteiger partial charge on any atom is -0.315 e. The van der Waals surface area contributed by atoms with Crippen LogP contribution in [0.5, 0.6) is 0 Å². The molecule has 3 aromatic rings. The Labute approximate surface area is 243 Å². The van der Waals surface area contributed by atoms with Crippen molar-refractivity contribution in [3.63, 3.8) is 0 Å². The molecule has 0 spiro atoms. The molecule has 4 rings (SSSR count). The zero-order chi connectivity index (χ0) is 29.1. The Morgan fingerprint density at radius 1 is 0.974 bits per heavy atom. The van der Waals surface area contributed by atoms with Crippen molar-refractivity contribution < 1.29 is 22.0 Å². The summed E-state index contributed by atoms with van der Waals surface area (Å²) in [7, 11) is 0. The van der Waals surface area contributed by atoms with E-state index >= 15 is 0 Å². The zero-order valence-electron chi connectivity index (χ0n) is 21.5. The van der Waals surface area contributed by atoms with Crippen LogP contribution in [0.4, 0.5) is 22.0 Å². The molecule has 0 amide bonds. The number of allylic oxidation sites excluding steroid dienone is 4. The summed E-state index contributed by atoms with van der Waals surface area (Å²) >= 11 is 19.7. The molecule has 1 aliphatic rings. The van der Waals surface area contributed by atoms with Crippen LogP contribution in [0, 0.1) is 5.82 Å². The number of halogens is 8. The molecular weight excluding hydrogens is 598 g/mol. The van der Waals surface area contributed by atoms with E-state index in [0.717, 1.165) is 17.7 Å². The summed E-state index contributed by atoms with van der Waals surface area (Å²) in [5.41, 5.74) is -0.0995. The third-order valence-corrected chi connectivity index (χ3v) is 8.31. The average Bonchev–Trinajstić information content (AvgIpc) is 3.31. The Morgan fingerprint density at radius 3 is 2.28 bits per heavy atom. The van der Waals surface area contributed by atoms with Crippen LogP contribution in [-0.4, -0.2) is 15.7 Å². The monoisotopic (exact) mass is 622 g/mol. The second kappa shape index (κ2) is 12.7. The molecule has 210 valence electrons. The first-order chi connectivity index (χ1) is 18.3. The van der Waals surface area contributed by atoms with Crippen molar-refractivity contribution in [2.45, 2.75) is 62.7 Å². The van der Waals surface area contributed by atoms with Crippen molar-refractivity contribution >= 4 is 46.6 Å². The van der Waals surface area contributed by atoms with Gasteiger partial charge in [0.2, 0.25) is 0 Å². The molecule has 1 aliphatic carbocycles. The SMILES string of the molecule is CC.CC(C)(c1ccc(Cl)c(Cl)c1)c1cnc(SCc2ccc(F)cc2Cl)n1C1C=C(C(F)(F)F)C(F)=CC1. The number of hydrogen-bond donors (Lipinski definition) is 0. The minimum atomic E-state index is -4.85. The standard InChI is InChI=1S/C26H20Cl3F5N2S.C2H6/c1-25(2,15-4-7-19(27)21(29)9-15)23-12-35-24(37-13-14-3-5-16(30)10-20(14)28)36(23)17-6-8-22(31)18(11-17)26(32,33)34;1-2/h3-5,7-12,17H,6,13H2,1-2H3;1-2H3. The van der Waals surface area contributed by atoms with E-state index in [2.05, 4.69) is 4.98 Å². The summed E-state index contributed by atoms with van der Waals surface area (Å²) in [6.07, 6.45) is -1.44. The van der Waals surface area contributed by atoms with E-state index in [0.29, 0.717) is 26.5 Å². The van der Waals surface area contributed by atoms with Gasteiger partial charge in [-0.3, -0.25) is 0 Å². The lowest BCUT2D eigenvalue weighted by atomic mass is 9.81. The van der Waals surface area contributed by atoms with Crippen LogP contribution in [0.1, 0.15) is 57.0 Å². The van der Waals surface area contributed by atoms with Crippen LogP contribution in [-0.2, 0) is 11.2 Å². The van der Waals surface area contributed by atoms with Crippen molar-refractivity contribution in [2.24, 2.45) is 0 Å². The van der Waals surface area contributed by atoms with Gasteiger partial charge in [0, 0.05) is 21.9 Å². The fraction of sp³-hybridized carbons (Fsp3) is 0.321. The van der Waals surface area contributed by atoms with Gasteiger partial charge in [0.15, 0.2) is 5.16 Å². The lowest BCUT2D eigenvalue weighted by Crippen LogP contribution is -2.27. The summed E-state index contributed by atoms with van der Waals surface area (Å²) in [4.78, 5) is 4.52. The number of hydrogen-bond acceptors (Lipinski definition) is 2. The fourth-order valence-electron chi connectivity index (χ4n) is 4.13.